The SMILES string of the molecule is COc1ccccc1N1Cc2ccccc2C1=N. The van der Waals surface area contributed by atoms with E-state index in [1.807, 2.05) is 47.4 Å². The van der Waals surface area contributed by atoms with Crippen molar-refractivity contribution >= 4 is 11.5 Å². The van der Waals surface area contributed by atoms with Gasteiger partial charge in [0.25, 0.3) is 0 Å². The maximum Gasteiger partial charge on any atom is 0.142 e. The Balaban J connectivity index is 2.04. The minimum atomic E-state index is 0.537. The van der Waals surface area contributed by atoms with Gasteiger partial charge in [0.1, 0.15) is 11.6 Å². The van der Waals surface area contributed by atoms with Crippen LogP contribution in [0.5, 0.6) is 5.75 Å². The van der Waals surface area contributed by atoms with Gasteiger partial charge in [0.2, 0.25) is 0 Å². The number of ether oxygens (including phenoxy) is 1. The van der Waals surface area contributed by atoms with Crippen LogP contribution in [0.3, 0.4) is 0 Å². The summed E-state index contributed by atoms with van der Waals surface area (Å²) in [7, 11) is 1.66. The lowest BCUT2D eigenvalue weighted by molar-refractivity contribution is 0.415. The average Bonchev–Trinajstić information content (AvgIpc) is 2.76. The van der Waals surface area contributed by atoms with Gasteiger partial charge in [-0.15, -0.1) is 0 Å². The van der Waals surface area contributed by atoms with Gasteiger partial charge in [-0.25, -0.2) is 0 Å². The van der Waals surface area contributed by atoms with Crippen molar-refractivity contribution in [3.8, 4) is 5.75 Å². The summed E-state index contributed by atoms with van der Waals surface area (Å²) in [5.74, 6) is 1.34. The van der Waals surface area contributed by atoms with Crippen LogP contribution in [0.1, 0.15) is 11.1 Å². The first kappa shape index (κ1) is 10.8. The molecule has 0 radical (unpaired) electrons. The Labute approximate surface area is 106 Å². The molecule has 0 saturated carbocycles. The number of hydrogen-bond donors (Lipinski definition) is 1. The van der Waals surface area contributed by atoms with Crippen molar-refractivity contribution in [1.82, 2.24) is 0 Å². The Morgan fingerprint density at radius 2 is 1.78 bits per heavy atom. The van der Waals surface area contributed by atoms with Crippen LogP contribution in [0.4, 0.5) is 5.69 Å². The van der Waals surface area contributed by atoms with Crippen molar-refractivity contribution in [2.75, 3.05) is 12.0 Å². The molecular weight excluding hydrogens is 224 g/mol. The minimum Gasteiger partial charge on any atom is -0.495 e. The third-order valence-corrected chi connectivity index (χ3v) is 3.25. The molecule has 3 nitrogen and oxygen atoms in total. The first-order valence-corrected chi connectivity index (χ1v) is 5.88. The Morgan fingerprint density at radius 1 is 1.06 bits per heavy atom. The molecule has 2 aromatic carbocycles. The van der Waals surface area contributed by atoms with Crippen LogP contribution in [0.15, 0.2) is 48.5 Å². The van der Waals surface area contributed by atoms with E-state index in [0.29, 0.717) is 5.84 Å². The molecule has 0 fully saturated rings. The molecule has 0 atom stereocenters. The normalized spacial score (nSPS) is 13.6. The van der Waals surface area contributed by atoms with Crippen molar-refractivity contribution in [3.05, 3.63) is 59.7 Å². The van der Waals surface area contributed by atoms with E-state index in [0.717, 1.165) is 23.5 Å². The molecule has 0 unspecified atom stereocenters. The number of fused-ring (bicyclic) bond motifs is 1. The number of para-hydroxylation sites is 2. The predicted octanol–water partition coefficient (Wildman–Crippen LogP) is 3.04. The summed E-state index contributed by atoms with van der Waals surface area (Å²) in [4.78, 5) is 1.98. The van der Waals surface area contributed by atoms with Crippen LogP contribution in [-0.2, 0) is 6.54 Å². The molecule has 0 amide bonds. The van der Waals surface area contributed by atoms with Gasteiger partial charge in [0, 0.05) is 5.56 Å². The third kappa shape index (κ3) is 1.56. The summed E-state index contributed by atoms with van der Waals surface area (Å²) in [6.45, 7) is 0.732. The molecule has 0 saturated heterocycles. The van der Waals surface area contributed by atoms with E-state index >= 15 is 0 Å². The molecule has 1 aliphatic rings. The highest BCUT2D eigenvalue weighted by molar-refractivity contribution is 6.12. The zero-order valence-electron chi connectivity index (χ0n) is 10.2. The van der Waals surface area contributed by atoms with Gasteiger partial charge >= 0.3 is 0 Å². The van der Waals surface area contributed by atoms with Gasteiger partial charge in [-0.3, -0.25) is 5.41 Å². The fourth-order valence-electron chi connectivity index (χ4n) is 2.34. The molecule has 1 heterocycles. The van der Waals surface area contributed by atoms with E-state index in [-0.39, 0.29) is 0 Å². The molecule has 18 heavy (non-hydrogen) atoms. The van der Waals surface area contributed by atoms with Crippen LogP contribution in [-0.4, -0.2) is 12.9 Å². The summed E-state index contributed by atoms with van der Waals surface area (Å²) in [6.07, 6.45) is 0. The maximum absolute atomic E-state index is 8.27. The first-order chi connectivity index (χ1) is 8.81. The zero-order chi connectivity index (χ0) is 12.5. The molecule has 3 heteroatoms. The first-order valence-electron chi connectivity index (χ1n) is 5.88. The number of amidine groups is 1. The molecular formula is C15H14N2O. The second-order valence-corrected chi connectivity index (χ2v) is 4.26. The largest absolute Gasteiger partial charge is 0.495 e. The van der Waals surface area contributed by atoms with Gasteiger partial charge in [0.05, 0.1) is 19.3 Å². The highest BCUT2D eigenvalue weighted by Crippen LogP contribution is 2.34. The average molecular weight is 238 g/mol. The van der Waals surface area contributed by atoms with E-state index in [1.54, 1.807) is 7.11 Å². The molecule has 1 aliphatic heterocycles. The van der Waals surface area contributed by atoms with Gasteiger partial charge < -0.3 is 9.64 Å². The van der Waals surface area contributed by atoms with Gasteiger partial charge in [-0.05, 0) is 17.7 Å². The summed E-state index contributed by atoms with van der Waals surface area (Å²) in [5, 5.41) is 8.27. The lowest BCUT2D eigenvalue weighted by Crippen LogP contribution is -2.23. The number of rotatable bonds is 2. The quantitative estimate of drug-likeness (QED) is 0.873. The third-order valence-electron chi connectivity index (χ3n) is 3.25. The van der Waals surface area contributed by atoms with Crippen LogP contribution >= 0.6 is 0 Å². The number of hydrogen-bond acceptors (Lipinski definition) is 2. The number of nitrogens with zero attached hydrogens (tertiary/aromatic N) is 1. The van der Waals surface area contributed by atoms with Gasteiger partial charge in [0.15, 0.2) is 0 Å². The highest BCUT2D eigenvalue weighted by atomic mass is 16.5. The summed E-state index contributed by atoms with van der Waals surface area (Å²) >= 11 is 0. The minimum absolute atomic E-state index is 0.537. The Bertz CT molecular complexity index is 607. The predicted molar refractivity (Wildman–Crippen MR) is 72.4 cm³/mol. The lowest BCUT2D eigenvalue weighted by atomic mass is 10.1. The monoisotopic (exact) mass is 238 g/mol. The highest BCUT2D eigenvalue weighted by Gasteiger charge is 2.26. The molecule has 2 aromatic rings. The zero-order valence-corrected chi connectivity index (χ0v) is 10.2. The maximum atomic E-state index is 8.27. The van der Waals surface area contributed by atoms with E-state index in [2.05, 4.69) is 6.07 Å². The smallest absolute Gasteiger partial charge is 0.142 e. The number of anilines is 1. The van der Waals surface area contributed by atoms with Gasteiger partial charge in [-0.2, -0.15) is 0 Å². The topological polar surface area (TPSA) is 36.3 Å². The van der Waals surface area contributed by atoms with Crippen molar-refractivity contribution in [2.45, 2.75) is 6.54 Å². The molecule has 0 bridgehead atoms. The van der Waals surface area contributed by atoms with Gasteiger partial charge in [-0.1, -0.05) is 36.4 Å². The number of nitrogens with one attached hydrogen (secondary N) is 1. The molecule has 0 spiro atoms. The van der Waals surface area contributed by atoms with Crippen LogP contribution in [0.25, 0.3) is 0 Å². The summed E-state index contributed by atoms with van der Waals surface area (Å²) in [6, 6.07) is 15.9. The molecule has 3 rings (SSSR count). The standard InChI is InChI=1S/C15H14N2O/c1-18-14-9-5-4-8-13(14)17-10-11-6-2-3-7-12(11)15(17)16/h2-9,16H,10H2,1H3. The van der Waals surface area contributed by atoms with Crippen LogP contribution in [0.2, 0.25) is 0 Å². The van der Waals surface area contributed by atoms with Crippen molar-refractivity contribution in [1.29, 1.82) is 5.41 Å². The molecule has 1 N–H and O–H groups in total. The Kier molecular flexibility index (Phi) is 2.52. The fourth-order valence-corrected chi connectivity index (χ4v) is 2.34. The van der Waals surface area contributed by atoms with Crippen LogP contribution < -0.4 is 9.64 Å². The van der Waals surface area contributed by atoms with Crippen molar-refractivity contribution in [2.24, 2.45) is 0 Å². The molecule has 0 aliphatic carbocycles. The van der Waals surface area contributed by atoms with E-state index in [9.17, 15) is 0 Å². The van der Waals surface area contributed by atoms with E-state index < -0.39 is 0 Å². The van der Waals surface area contributed by atoms with Crippen molar-refractivity contribution in [3.63, 3.8) is 0 Å². The molecule has 90 valence electrons. The second-order valence-electron chi connectivity index (χ2n) is 4.26. The summed E-state index contributed by atoms with van der Waals surface area (Å²) in [5.41, 5.74) is 3.14. The molecule has 0 aromatic heterocycles. The Hall–Kier alpha value is -2.29. The number of methoxy groups -OCH3 is 1. The van der Waals surface area contributed by atoms with Crippen molar-refractivity contribution < 1.29 is 4.74 Å². The van der Waals surface area contributed by atoms with E-state index in [4.69, 9.17) is 10.1 Å². The summed E-state index contributed by atoms with van der Waals surface area (Å²) < 4.78 is 5.37. The lowest BCUT2D eigenvalue weighted by Gasteiger charge is -2.20. The van der Waals surface area contributed by atoms with E-state index in [1.165, 1.54) is 5.56 Å². The second kappa shape index (κ2) is 4.18. The Morgan fingerprint density at radius 3 is 2.56 bits per heavy atom. The van der Waals surface area contributed by atoms with Crippen LogP contribution in [0, 0.1) is 5.41 Å². The fraction of sp³-hybridized carbons (Fsp3) is 0.133. The number of benzene rings is 2.